The second-order valence-electron chi connectivity index (χ2n) is 4.40. The lowest BCUT2D eigenvalue weighted by atomic mass is 10.2. The summed E-state index contributed by atoms with van der Waals surface area (Å²) in [4.78, 5) is 12.1. The van der Waals surface area contributed by atoms with Gasteiger partial charge in [0.15, 0.2) is 5.82 Å². The van der Waals surface area contributed by atoms with E-state index >= 15 is 0 Å². The van der Waals surface area contributed by atoms with Gasteiger partial charge in [0.05, 0.1) is 6.04 Å². The van der Waals surface area contributed by atoms with E-state index in [1.165, 1.54) is 4.88 Å². The average molecular weight is 312 g/mol. The van der Waals surface area contributed by atoms with Crippen LogP contribution in [0.5, 0.6) is 0 Å². The SMILES string of the molecule is CCOCc1nc(Cl)cc(N(C)C(C)c2cccs2)n1. The van der Waals surface area contributed by atoms with Gasteiger partial charge in [0.2, 0.25) is 0 Å². The molecule has 2 rings (SSSR count). The van der Waals surface area contributed by atoms with Gasteiger partial charge in [-0.3, -0.25) is 0 Å². The van der Waals surface area contributed by atoms with Crippen LogP contribution in [0.3, 0.4) is 0 Å². The van der Waals surface area contributed by atoms with Crippen molar-refractivity contribution in [2.75, 3.05) is 18.6 Å². The van der Waals surface area contributed by atoms with Crippen LogP contribution >= 0.6 is 22.9 Å². The maximum atomic E-state index is 6.07. The van der Waals surface area contributed by atoms with Crippen molar-refractivity contribution >= 4 is 28.8 Å². The highest BCUT2D eigenvalue weighted by Gasteiger charge is 2.16. The van der Waals surface area contributed by atoms with Gasteiger partial charge in [0.1, 0.15) is 17.6 Å². The van der Waals surface area contributed by atoms with Crippen molar-refractivity contribution < 1.29 is 4.74 Å². The molecule has 6 heteroatoms. The number of ether oxygens (including phenoxy) is 1. The summed E-state index contributed by atoms with van der Waals surface area (Å²) in [5, 5.41) is 2.52. The summed E-state index contributed by atoms with van der Waals surface area (Å²) >= 11 is 7.81. The fourth-order valence-corrected chi connectivity index (χ4v) is 2.83. The first kappa shape index (κ1) is 15.2. The van der Waals surface area contributed by atoms with Crippen LogP contribution in [0.25, 0.3) is 0 Å². The van der Waals surface area contributed by atoms with Gasteiger partial charge in [-0.15, -0.1) is 11.3 Å². The van der Waals surface area contributed by atoms with Gasteiger partial charge in [-0.25, -0.2) is 9.97 Å². The largest absolute Gasteiger partial charge is 0.374 e. The molecule has 0 aliphatic heterocycles. The highest BCUT2D eigenvalue weighted by atomic mass is 35.5. The first-order chi connectivity index (χ1) is 9.61. The molecule has 0 fully saturated rings. The molecule has 0 aliphatic carbocycles. The van der Waals surface area contributed by atoms with Crippen LogP contribution in [0.4, 0.5) is 5.82 Å². The second-order valence-corrected chi connectivity index (χ2v) is 5.77. The molecule has 20 heavy (non-hydrogen) atoms. The van der Waals surface area contributed by atoms with E-state index in [4.69, 9.17) is 16.3 Å². The Morgan fingerprint density at radius 2 is 2.25 bits per heavy atom. The fourth-order valence-electron chi connectivity index (χ4n) is 1.81. The molecule has 108 valence electrons. The Kier molecular flexibility index (Phi) is 5.34. The molecule has 0 bridgehead atoms. The molecule has 1 atom stereocenters. The van der Waals surface area contributed by atoms with Crippen molar-refractivity contribution in [2.45, 2.75) is 26.5 Å². The Balaban J connectivity index is 2.20. The van der Waals surface area contributed by atoms with Gasteiger partial charge in [0, 0.05) is 24.6 Å². The zero-order valence-corrected chi connectivity index (χ0v) is 13.4. The van der Waals surface area contributed by atoms with E-state index in [-0.39, 0.29) is 6.04 Å². The Morgan fingerprint density at radius 1 is 1.45 bits per heavy atom. The number of nitrogens with zero attached hydrogens (tertiary/aromatic N) is 3. The Hall–Kier alpha value is -1.17. The van der Waals surface area contributed by atoms with Crippen molar-refractivity contribution in [1.29, 1.82) is 0 Å². The Morgan fingerprint density at radius 3 is 2.90 bits per heavy atom. The van der Waals surface area contributed by atoms with Crippen molar-refractivity contribution in [3.05, 3.63) is 39.4 Å². The lowest BCUT2D eigenvalue weighted by Crippen LogP contribution is -2.22. The van der Waals surface area contributed by atoms with Crippen molar-refractivity contribution in [2.24, 2.45) is 0 Å². The molecule has 1 unspecified atom stereocenters. The molecule has 0 aromatic carbocycles. The first-order valence-electron chi connectivity index (χ1n) is 6.49. The molecule has 0 amide bonds. The molecule has 0 spiro atoms. The molecular formula is C14H18ClN3OS. The number of hydrogen-bond acceptors (Lipinski definition) is 5. The molecule has 0 aliphatic rings. The van der Waals surface area contributed by atoms with E-state index in [1.54, 1.807) is 17.4 Å². The topological polar surface area (TPSA) is 38.2 Å². The lowest BCUT2D eigenvalue weighted by molar-refractivity contribution is 0.128. The van der Waals surface area contributed by atoms with Crippen LogP contribution in [0.2, 0.25) is 5.15 Å². The average Bonchev–Trinajstić information content (AvgIpc) is 2.97. The minimum absolute atomic E-state index is 0.237. The van der Waals surface area contributed by atoms with Gasteiger partial charge >= 0.3 is 0 Å². The summed E-state index contributed by atoms with van der Waals surface area (Å²) < 4.78 is 5.34. The van der Waals surface area contributed by atoms with Gasteiger partial charge in [-0.05, 0) is 25.3 Å². The zero-order valence-electron chi connectivity index (χ0n) is 11.8. The number of hydrogen-bond donors (Lipinski definition) is 0. The van der Waals surface area contributed by atoms with E-state index in [2.05, 4.69) is 39.3 Å². The molecule has 0 saturated heterocycles. The van der Waals surface area contributed by atoms with Crippen molar-refractivity contribution in [3.63, 3.8) is 0 Å². The smallest absolute Gasteiger partial charge is 0.158 e. The monoisotopic (exact) mass is 311 g/mol. The molecule has 0 radical (unpaired) electrons. The molecule has 2 aromatic rings. The summed E-state index contributed by atoms with van der Waals surface area (Å²) in [5.41, 5.74) is 0. The number of aromatic nitrogens is 2. The van der Waals surface area contributed by atoms with Crippen molar-refractivity contribution in [3.8, 4) is 0 Å². The number of halogens is 1. The first-order valence-corrected chi connectivity index (χ1v) is 7.75. The number of thiophene rings is 1. The molecule has 4 nitrogen and oxygen atoms in total. The van der Waals surface area contributed by atoms with E-state index in [9.17, 15) is 0 Å². The van der Waals surface area contributed by atoms with Gasteiger partial charge in [-0.1, -0.05) is 17.7 Å². The van der Waals surface area contributed by atoms with Crippen LogP contribution in [0.15, 0.2) is 23.6 Å². The minimum atomic E-state index is 0.237. The third kappa shape index (κ3) is 3.69. The summed E-state index contributed by atoms with van der Waals surface area (Å²) in [6.45, 7) is 5.10. The molecule has 2 aromatic heterocycles. The molecule has 0 N–H and O–H groups in total. The highest BCUT2D eigenvalue weighted by Crippen LogP contribution is 2.28. The Labute approximate surface area is 128 Å². The minimum Gasteiger partial charge on any atom is -0.374 e. The number of anilines is 1. The van der Waals surface area contributed by atoms with E-state index < -0.39 is 0 Å². The van der Waals surface area contributed by atoms with Crippen LogP contribution in [0.1, 0.15) is 30.6 Å². The van der Waals surface area contributed by atoms with E-state index in [0.717, 1.165) is 5.82 Å². The maximum Gasteiger partial charge on any atom is 0.158 e. The number of rotatable bonds is 6. The molecule has 0 saturated carbocycles. The predicted molar refractivity (Wildman–Crippen MR) is 83.5 cm³/mol. The fraction of sp³-hybridized carbons (Fsp3) is 0.429. The third-order valence-electron chi connectivity index (χ3n) is 3.06. The van der Waals surface area contributed by atoms with Crippen LogP contribution < -0.4 is 4.90 Å². The van der Waals surface area contributed by atoms with Crippen LogP contribution in [-0.2, 0) is 11.3 Å². The van der Waals surface area contributed by atoms with Gasteiger partial charge < -0.3 is 9.64 Å². The summed E-state index contributed by atoms with van der Waals surface area (Å²) in [6.07, 6.45) is 0. The zero-order chi connectivity index (χ0) is 14.5. The van der Waals surface area contributed by atoms with Crippen molar-refractivity contribution in [1.82, 2.24) is 9.97 Å². The predicted octanol–water partition coefficient (Wildman–Crippen LogP) is 3.93. The summed E-state index contributed by atoms with van der Waals surface area (Å²) in [7, 11) is 2.01. The standard InChI is InChI=1S/C14H18ClN3OS/c1-4-19-9-13-16-12(15)8-14(17-13)18(3)10(2)11-6-5-7-20-11/h5-8,10H,4,9H2,1-3H3. The third-order valence-corrected chi connectivity index (χ3v) is 4.30. The van der Waals surface area contributed by atoms with Gasteiger partial charge in [-0.2, -0.15) is 0 Å². The highest BCUT2D eigenvalue weighted by molar-refractivity contribution is 7.10. The lowest BCUT2D eigenvalue weighted by Gasteiger charge is -2.25. The van der Waals surface area contributed by atoms with Gasteiger partial charge in [0.25, 0.3) is 0 Å². The normalized spacial score (nSPS) is 12.4. The molecule has 2 heterocycles. The summed E-state index contributed by atoms with van der Waals surface area (Å²) in [5.74, 6) is 1.42. The molecular weight excluding hydrogens is 294 g/mol. The second kappa shape index (κ2) is 7.02. The van der Waals surface area contributed by atoms with E-state index in [1.807, 2.05) is 14.0 Å². The van der Waals surface area contributed by atoms with Crippen LogP contribution in [-0.4, -0.2) is 23.6 Å². The summed E-state index contributed by atoms with van der Waals surface area (Å²) in [6, 6.07) is 6.19. The quantitative estimate of drug-likeness (QED) is 0.758. The van der Waals surface area contributed by atoms with Crippen LogP contribution in [0, 0.1) is 0 Å². The Bertz CT molecular complexity index is 547. The maximum absolute atomic E-state index is 6.07. The van der Waals surface area contributed by atoms with E-state index in [0.29, 0.717) is 24.2 Å².